The molecule has 214 valence electrons. The number of urea groups is 1. The van der Waals surface area contributed by atoms with Crippen molar-refractivity contribution in [2.24, 2.45) is 0 Å². The van der Waals surface area contributed by atoms with E-state index < -0.39 is 17.8 Å². The van der Waals surface area contributed by atoms with E-state index in [1.807, 2.05) is 74.6 Å². The predicted molar refractivity (Wildman–Crippen MR) is 161 cm³/mol. The summed E-state index contributed by atoms with van der Waals surface area (Å²) in [4.78, 5) is 34.3. The predicted octanol–water partition coefficient (Wildman–Crippen LogP) is 6.07. The molecule has 1 fully saturated rings. The average Bonchev–Trinajstić information content (AvgIpc) is 3.42. The van der Waals surface area contributed by atoms with E-state index in [1.165, 1.54) is 11.6 Å². The number of hydrogen-bond donors (Lipinski definition) is 3. The van der Waals surface area contributed by atoms with Crippen molar-refractivity contribution in [1.82, 2.24) is 20.1 Å². The molecule has 7 nitrogen and oxygen atoms in total. The third-order valence-electron chi connectivity index (χ3n) is 8.01. The Labute approximate surface area is 240 Å². The summed E-state index contributed by atoms with van der Waals surface area (Å²) in [6.45, 7) is 3.72. The van der Waals surface area contributed by atoms with Crippen molar-refractivity contribution in [2.45, 2.75) is 44.2 Å². The molecule has 1 aliphatic rings. The van der Waals surface area contributed by atoms with E-state index in [2.05, 4.69) is 27.8 Å². The largest absolute Gasteiger partial charge is 0.361 e. The molecule has 0 bridgehead atoms. The maximum Gasteiger partial charge on any atom is 0.318 e. The van der Waals surface area contributed by atoms with Gasteiger partial charge in [-0.25, -0.2) is 9.18 Å². The van der Waals surface area contributed by atoms with Gasteiger partial charge in [0, 0.05) is 42.7 Å². The van der Waals surface area contributed by atoms with Crippen LogP contribution in [0.15, 0.2) is 79.0 Å². The first kappa shape index (κ1) is 28.4. The molecule has 1 saturated heterocycles. The minimum atomic E-state index is -0.926. The highest BCUT2D eigenvalue weighted by molar-refractivity contribution is 5.98. The number of hydrogen-bond acceptors (Lipinski definition) is 3. The topological polar surface area (TPSA) is 80.5 Å². The quantitative estimate of drug-likeness (QED) is 0.247. The van der Waals surface area contributed by atoms with Crippen molar-refractivity contribution in [3.8, 4) is 0 Å². The van der Waals surface area contributed by atoms with Crippen molar-refractivity contribution in [1.29, 1.82) is 0 Å². The number of halogens is 1. The molecule has 0 spiro atoms. The second-order valence-corrected chi connectivity index (χ2v) is 11.2. The molecule has 1 aliphatic heterocycles. The number of likely N-dealkylation sites (tertiary alicyclic amines) is 1. The normalized spacial score (nSPS) is 15.6. The zero-order valence-corrected chi connectivity index (χ0v) is 23.9. The van der Waals surface area contributed by atoms with Gasteiger partial charge in [0.25, 0.3) is 0 Å². The van der Waals surface area contributed by atoms with E-state index in [1.54, 1.807) is 17.0 Å². The number of aromatic amines is 1. The van der Waals surface area contributed by atoms with Crippen LogP contribution in [0.3, 0.4) is 0 Å². The minimum Gasteiger partial charge on any atom is -0.361 e. The number of fused-ring (bicyclic) bond motifs is 1. The highest BCUT2D eigenvalue weighted by Gasteiger charge is 2.33. The van der Waals surface area contributed by atoms with E-state index in [0.29, 0.717) is 25.6 Å². The van der Waals surface area contributed by atoms with Crippen molar-refractivity contribution < 1.29 is 14.0 Å². The van der Waals surface area contributed by atoms with E-state index in [4.69, 9.17) is 0 Å². The van der Waals surface area contributed by atoms with Crippen molar-refractivity contribution in [2.75, 3.05) is 32.5 Å². The van der Waals surface area contributed by atoms with Gasteiger partial charge >= 0.3 is 6.03 Å². The number of nitrogens with one attached hydrogen (secondary N) is 3. The highest BCUT2D eigenvalue weighted by atomic mass is 19.1. The number of benzene rings is 3. The molecule has 4 aromatic rings. The molecule has 5 rings (SSSR count). The number of para-hydroxylation sites is 1. The first-order valence-electron chi connectivity index (χ1n) is 14.2. The maximum absolute atomic E-state index is 14.8. The Kier molecular flexibility index (Phi) is 8.69. The van der Waals surface area contributed by atoms with Gasteiger partial charge in [-0.2, -0.15) is 0 Å². The van der Waals surface area contributed by atoms with Crippen LogP contribution in [-0.4, -0.2) is 59.9 Å². The Balaban J connectivity index is 1.36. The van der Waals surface area contributed by atoms with Crippen LogP contribution in [0.5, 0.6) is 0 Å². The van der Waals surface area contributed by atoms with Crippen LogP contribution >= 0.6 is 0 Å². The molecule has 3 amide bonds. The molecular weight excluding hydrogens is 517 g/mol. The number of nitrogens with zero attached hydrogens (tertiary/aromatic N) is 2. The summed E-state index contributed by atoms with van der Waals surface area (Å²) in [6.07, 6.45) is 3.60. The van der Waals surface area contributed by atoms with Gasteiger partial charge in [0.05, 0.1) is 5.69 Å². The van der Waals surface area contributed by atoms with Gasteiger partial charge in [-0.3, -0.25) is 4.79 Å². The number of carbonyl (C=O) groups excluding carboxylic acids is 2. The lowest BCUT2D eigenvalue weighted by atomic mass is 9.89. The summed E-state index contributed by atoms with van der Waals surface area (Å²) in [5.74, 6) is -0.961. The second-order valence-electron chi connectivity index (χ2n) is 11.2. The SMILES string of the molecule is C[C@H](c1c[nH]c2ccccc12)[C@@H](NC(=O)N1CCC(c2ccccc2)CC1)C(=O)Nc1cc(CN(C)C)ccc1F. The number of H-pyrrole nitrogens is 1. The third kappa shape index (κ3) is 6.60. The molecule has 2 heterocycles. The number of amides is 3. The molecule has 0 aliphatic carbocycles. The van der Waals surface area contributed by atoms with Crippen LogP contribution < -0.4 is 10.6 Å². The summed E-state index contributed by atoms with van der Waals surface area (Å²) in [7, 11) is 3.86. The monoisotopic (exact) mass is 555 g/mol. The molecule has 0 unspecified atom stereocenters. The Hall–Kier alpha value is -4.17. The second kappa shape index (κ2) is 12.6. The first-order valence-corrected chi connectivity index (χ1v) is 14.2. The lowest BCUT2D eigenvalue weighted by molar-refractivity contribution is -0.118. The number of rotatable bonds is 8. The summed E-state index contributed by atoms with van der Waals surface area (Å²) in [5, 5.41) is 6.77. The standard InChI is InChI=1S/C33H38FN5O2/c1-22(27-20-35-29-12-8-7-11-26(27)29)31(32(40)36-30-19-23(21-38(2)3)13-14-28(30)34)37-33(41)39-17-15-25(16-18-39)24-9-5-4-6-10-24/h4-14,19-20,22,25,31,35H,15-18,21H2,1-3H3,(H,36,40)(H,37,41)/t22-,31-/m1/s1. The molecule has 41 heavy (non-hydrogen) atoms. The van der Waals surface area contributed by atoms with E-state index >= 15 is 0 Å². The summed E-state index contributed by atoms with van der Waals surface area (Å²) in [5.41, 5.74) is 4.12. The van der Waals surface area contributed by atoms with Crippen LogP contribution in [0, 0.1) is 5.82 Å². The average molecular weight is 556 g/mol. The van der Waals surface area contributed by atoms with Gasteiger partial charge in [-0.1, -0.05) is 61.5 Å². The van der Waals surface area contributed by atoms with Crippen molar-refractivity contribution in [3.63, 3.8) is 0 Å². The van der Waals surface area contributed by atoms with Gasteiger partial charge in [0.15, 0.2) is 0 Å². The van der Waals surface area contributed by atoms with E-state index in [-0.39, 0.29) is 17.6 Å². The Bertz CT molecular complexity index is 1490. The summed E-state index contributed by atoms with van der Waals surface area (Å²) in [6, 6.07) is 21.7. The van der Waals surface area contributed by atoms with Crippen LogP contribution in [0.2, 0.25) is 0 Å². The zero-order chi connectivity index (χ0) is 28.9. The summed E-state index contributed by atoms with van der Waals surface area (Å²) >= 11 is 0. The van der Waals surface area contributed by atoms with Crippen LogP contribution in [-0.2, 0) is 11.3 Å². The maximum atomic E-state index is 14.8. The summed E-state index contributed by atoms with van der Waals surface area (Å²) < 4.78 is 14.8. The van der Waals surface area contributed by atoms with Crippen molar-refractivity contribution in [3.05, 3.63) is 102 Å². The van der Waals surface area contributed by atoms with E-state index in [0.717, 1.165) is 34.9 Å². The highest BCUT2D eigenvalue weighted by Crippen LogP contribution is 2.30. The fraction of sp³-hybridized carbons (Fsp3) is 0.333. The van der Waals surface area contributed by atoms with Crippen LogP contribution in [0.4, 0.5) is 14.9 Å². The number of anilines is 1. The van der Waals surface area contributed by atoms with Gasteiger partial charge in [-0.05, 0) is 67.7 Å². The van der Waals surface area contributed by atoms with Crippen molar-refractivity contribution >= 4 is 28.5 Å². The Morgan fingerprint density at radius 1 is 1.02 bits per heavy atom. The molecule has 8 heteroatoms. The van der Waals surface area contributed by atoms with Gasteiger partial charge in [0.2, 0.25) is 5.91 Å². The fourth-order valence-electron chi connectivity index (χ4n) is 5.78. The number of piperidine rings is 1. The van der Waals surface area contributed by atoms with Gasteiger partial charge in [0.1, 0.15) is 11.9 Å². The lowest BCUT2D eigenvalue weighted by Crippen LogP contribution is -2.53. The molecule has 1 aromatic heterocycles. The Morgan fingerprint density at radius 2 is 1.73 bits per heavy atom. The van der Waals surface area contributed by atoms with Gasteiger partial charge in [-0.15, -0.1) is 0 Å². The van der Waals surface area contributed by atoms with Crippen LogP contribution in [0.1, 0.15) is 48.3 Å². The molecule has 2 atom stereocenters. The molecule has 0 radical (unpaired) electrons. The number of aromatic nitrogens is 1. The molecular formula is C33H38FN5O2. The minimum absolute atomic E-state index is 0.100. The number of carbonyl (C=O) groups is 2. The van der Waals surface area contributed by atoms with Gasteiger partial charge < -0.3 is 25.4 Å². The third-order valence-corrected chi connectivity index (χ3v) is 8.01. The van der Waals surface area contributed by atoms with E-state index in [9.17, 15) is 14.0 Å². The molecule has 3 aromatic carbocycles. The lowest BCUT2D eigenvalue weighted by Gasteiger charge is -2.34. The fourth-order valence-corrected chi connectivity index (χ4v) is 5.78. The van der Waals surface area contributed by atoms with Crippen LogP contribution in [0.25, 0.3) is 10.9 Å². The molecule has 0 saturated carbocycles. The molecule has 3 N–H and O–H groups in total. The smallest absolute Gasteiger partial charge is 0.318 e. The Morgan fingerprint density at radius 3 is 2.46 bits per heavy atom. The zero-order valence-electron chi connectivity index (χ0n) is 23.9. The first-order chi connectivity index (χ1) is 19.8.